The topological polar surface area (TPSA) is 64.4 Å². The van der Waals surface area contributed by atoms with Crippen LogP contribution in [0.3, 0.4) is 0 Å². The van der Waals surface area contributed by atoms with Crippen LogP contribution < -0.4 is 15.8 Å². The van der Waals surface area contributed by atoms with Gasteiger partial charge in [-0.3, -0.25) is 4.79 Å². The Morgan fingerprint density at radius 1 is 1.67 bits per heavy atom. The summed E-state index contributed by atoms with van der Waals surface area (Å²) in [6.07, 6.45) is 2.02. The number of nitrogens with two attached hydrogens (primary N) is 1. The Morgan fingerprint density at radius 2 is 2.39 bits per heavy atom. The molecule has 18 heavy (non-hydrogen) atoms. The summed E-state index contributed by atoms with van der Waals surface area (Å²) in [6, 6.07) is 4.41. The number of benzene rings is 1. The molecule has 1 atom stereocenters. The molecule has 0 heterocycles. The van der Waals surface area contributed by atoms with Crippen molar-refractivity contribution >= 4 is 23.2 Å². The van der Waals surface area contributed by atoms with Gasteiger partial charge in [-0.1, -0.05) is 17.7 Å². The quantitative estimate of drug-likeness (QED) is 0.780. The monoisotopic (exact) mass is 268 g/mol. The van der Waals surface area contributed by atoms with E-state index >= 15 is 0 Å². The summed E-state index contributed by atoms with van der Waals surface area (Å²) in [5.41, 5.74) is 6.20. The number of rotatable bonds is 6. The molecule has 0 bridgehead atoms. The molecule has 0 saturated carbocycles. The van der Waals surface area contributed by atoms with Gasteiger partial charge >= 0.3 is 0 Å². The van der Waals surface area contributed by atoms with E-state index in [-0.39, 0.29) is 5.91 Å². The minimum Gasteiger partial charge on any atom is -0.492 e. The first-order valence-electron chi connectivity index (χ1n) is 5.68. The van der Waals surface area contributed by atoms with Crippen molar-refractivity contribution < 1.29 is 9.53 Å². The fourth-order valence-corrected chi connectivity index (χ4v) is 1.57. The summed E-state index contributed by atoms with van der Waals surface area (Å²) < 4.78 is 5.40. The largest absolute Gasteiger partial charge is 0.492 e. The predicted octanol–water partition coefficient (Wildman–Crippen LogP) is 2.58. The van der Waals surface area contributed by atoms with E-state index in [1.165, 1.54) is 0 Å². The van der Waals surface area contributed by atoms with Crippen molar-refractivity contribution in [3.05, 3.63) is 35.9 Å². The average molecular weight is 269 g/mol. The van der Waals surface area contributed by atoms with E-state index < -0.39 is 6.04 Å². The Hall–Kier alpha value is -1.52. The molecule has 1 unspecified atom stereocenters. The summed E-state index contributed by atoms with van der Waals surface area (Å²) in [4.78, 5) is 11.8. The number of carbonyl (C=O) groups excluding carboxylic acids is 1. The molecule has 0 aliphatic carbocycles. The maximum absolute atomic E-state index is 11.8. The van der Waals surface area contributed by atoms with E-state index in [0.717, 1.165) is 0 Å². The Kier molecular flexibility index (Phi) is 5.68. The highest BCUT2D eigenvalue weighted by Gasteiger charge is 2.14. The van der Waals surface area contributed by atoms with Crippen LogP contribution in [0.5, 0.6) is 5.75 Å². The number of halogens is 1. The fraction of sp³-hybridized carbons (Fsp3) is 0.308. The third-order valence-corrected chi connectivity index (χ3v) is 2.49. The Balaban J connectivity index is 2.84. The lowest BCUT2D eigenvalue weighted by Crippen LogP contribution is -2.35. The molecule has 1 amide bonds. The van der Waals surface area contributed by atoms with E-state index in [1.807, 2.05) is 6.92 Å². The summed E-state index contributed by atoms with van der Waals surface area (Å²) in [6.45, 7) is 5.91. The van der Waals surface area contributed by atoms with Crippen LogP contribution >= 0.6 is 11.6 Å². The number of hydrogen-bond acceptors (Lipinski definition) is 3. The zero-order valence-electron chi connectivity index (χ0n) is 10.3. The molecular formula is C13H17ClN2O2. The van der Waals surface area contributed by atoms with Gasteiger partial charge in [0, 0.05) is 5.02 Å². The summed E-state index contributed by atoms with van der Waals surface area (Å²) in [5, 5.41) is 3.22. The zero-order chi connectivity index (χ0) is 13.5. The number of hydrogen-bond donors (Lipinski definition) is 2. The predicted molar refractivity (Wildman–Crippen MR) is 74.0 cm³/mol. The molecule has 0 radical (unpaired) electrons. The van der Waals surface area contributed by atoms with Crippen molar-refractivity contribution in [1.29, 1.82) is 0 Å². The molecule has 98 valence electrons. The van der Waals surface area contributed by atoms with Crippen molar-refractivity contribution in [2.24, 2.45) is 5.73 Å². The minimum absolute atomic E-state index is 0.293. The van der Waals surface area contributed by atoms with E-state index in [9.17, 15) is 4.79 Å². The van der Waals surface area contributed by atoms with Crippen LogP contribution in [0, 0.1) is 0 Å². The molecule has 3 N–H and O–H groups in total. The van der Waals surface area contributed by atoms with Crippen molar-refractivity contribution in [2.45, 2.75) is 19.4 Å². The van der Waals surface area contributed by atoms with Crippen LogP contribution in [-0.4, -0.2) is 18.6 Å². The Labute approximate surface area is 112 Å². The van der Waals surface area contributed by atoms with Gasteiger partial charge < -0.3 is 15.8 Å². The number of ether oxygens (including phenoxy) is 1. The summed E-state index contributed by atoms with van der Waals surface area (Å²) in [7, 11) is 0. The van der Waals surface area contributed by atoms with Crippen molar-refractivity contribution in [3.63, 3.8) is 0 Å². The molecule has 0 fully saturated rings. The second-order valence-corrected chi connectivity index (χ2v) is 4.13. The van der Waals surface area contributed by atoms with E-state index in [0.29, 0.717) is 29.5 Å². The van der Waals surface area contributed by atoms with E-state index in [2.05, 4.69) is 11.9 Å². The molecule has 1 aromatic carbocycles. The lowest BCUT2D eigenvalue weighted by Gasteiger charge is -2.14. The van der Waals surface area contributed by atoms with Gasteiger partial charge in [0.05, 0.1) is 18.3 Å². The lowest BCUT2D eigenvalue weighted by molar-refractivity contribution is -0.117. The molecule has 0 aliphatic rings. The van der Waals surface area contributed by atoms with Crippen LogP contribution in [0.2, 0.25) is 5.02 Å². The molecule has 0 spiro atoms. The number of carbonyl (C=O) groups is 1. The number of anilines is 1. The van der Waals surface area contributed by atoms with Gasteiger partial charge in [-0.25, -0.2) is 0 Å². The third-order valence-electron chi connectivity index (χ3n) is 2.26. The molecule has 0 aliphatic heterocycles. The van der Waals surface area contributed by atoms with Gasteiger partial charge in [-0.05, 0) is 31.5 Å². The van der Waals surface area contributed by atoms with Crippen LogP contribution in [0.1, 0.15) is 13.3 Å². The molecule has 1 rings (SSSR count). The fourth-order valence-electron chi connectivity index (χ4n) is 1.39. The van der Waals surface area contributed by atoms with Crippen molar-refractivity contribution in [3.8, 4) is 5.75 Å². The van der Waals surface area contributed by atoms with Gasteiger partial charge in [0.1, 0.15) is 5.75 Å². The smallest absolute Gasteiger partial charge is 0.241 e. The summed E-state index contributed by atoms with van der Waals surface area (Å²) >= 11 is 5.89. The van der Waals surface area contributed by atoms with Gasteiger partial charge in [0.25, 0.3) is 0 Å². The lowest BCUT2D eigenvalue weighted by atomic mass is 10.2. The molecule has 0 saturated heterocycles. The maximum atomic E-state index is 11.8. The van der Waals surface area contributed by atoms with Crippen molar-refractivity contribution in [1.82, 2.24) is 0 Å². The Bertz CT molecular complexity index is 435. The highest BCUT2D eigenvalue weighted by molar-refractivity contribution is 6.31. The highest BCUT2D eigenvalue weighted by Crippen LogP contribution is 2.28. The first-order chi connectivity index (χ1) is 8.58. The van der Waals surface area contributed by atoms with E-state index in [4.69, 9.17) is 22.1 Å². The van der Waals surface area contributed by atoms with Gasteiger partial charge in [0.2, 0.25) is 5.91 Å². The molecular weight excluding hydrogens is 252 g/mol. The van der Waals surface area contributed by atoms with Crippen LogP contribution in [0.15, 0.2) is 30.9 Å². The normalized spacial score (nSPS) is 11.7. The maximum Gasteiger partial charge on any atom is 0.241 e. The standard InChI is InChI=1S/C13H17ClN2O2/c1-3-5-10(15)13(17)16-11-8-9(14)6-7-12(11)18-4-2/h3,6-8,10H,1,4-5,15H2,2H3,(H,16,17). The molecule has 5 heteroatoms. The van der Waals surface area contributed by atoms with Gasteiger partial charge in [0.15, 0.2) is 0 Å². The SMILES string of the molecule is C=CCC(N)C(=O)Nc1cc(Cl)ccc1OCC. The molecule has 1 aromatic rings. The first kappa shape index (κ1) is 14.5. The minimum atomic E-state index is -0.629. The number of nitrogens with one attached hydrogen (secondary N) is 1. The summed E-state index contributed by atoms with van der Waals surface area (Å²) in [5.74, 6) is 0.277. The molecule has 0 aromatic heterocycles. The zero-order valence-corrected chi connectivity index (χ0v) is 11.0. The second-order valence-electron chi connectivity index (χ2n) is 3.69. The van der Waals surface area contributed by atoms with Crippen LogP contribution in [0.25, 0.3) is 0 Å². The van der Waals surface area contributed by atoms with Crippen LogP contribution in [0.4, 0.5) is 5.69 Å². The van der Waals surface area contributed by atoms with Crippen molar-refractivity contribution in [2.75, 3.05) is 11.9 Å². The molecule has 4 nitrogen and oxygen atoms in total. The highest BCUT2D eigenvalue weighted by atomic mass is 35.5. The van der Waals surface area contributed by atoms with Gasteiger partial charge in [-0.2, -0.15) is 0 Å². The van der Waals surface area contributed by atoms with Crippen LogP contribution in [-0.2, 0) is 4.79 Å². The van der Waals surface area contributed by atoms with E-state index in [1.54, 1.807) is 24.3 Å². The Morgan fingerprint density at radius 3 is 3.00 bits per heavy atom. The second kappa shape index (κ2) is 7.03. The first-order valence-corrected chi connectivity index (χ1v) is 6.06. The number of amides is 1. The average Bonchev–Trinajstić information content (AvgIpc) is 2.33. The third kappa shape index (κ3) is 4.05. The van der Waals surface area contributed by atoms with Gasteiger partial charge in [-0.15, -0.1) is 6.58 Å².